The van der Waals surface area contributed by atoms with E-state index in [2.05, 4.69) is 20.3 Å². The summed E-state index contributed by atoms with van der Waals surface area (Å²) in [5, 5.41) is 2.80. The fourth-order valence-electron chi connectivity index (χ4n) is 3.26. The third-order valence-corrected chi connectivity index (χ3v) is 5.03. The Kier molecular flexibility index (Phi) is 4.89. The molecule has 0 radical (unpaired) electrons. The maximum atomic E-state index is 12.9. The highest BCUT2D eigenvalue weighted by molar-refractivity contribution is 6.28. The van der Waals surface area contributed by atoms with Gasteiger partial charge in [-0.2, -0.15) is 18.2 Å². The summed E-state index contributed by atoms with van der Waals surface area (Å²) in [4.78, 5) is 25.9. The molecule has 2 aromatic heterocycles. The molecule has 0 fully saturated rings. The average molecular weight is 437 g/mol. The molecule has 0 bridgehead atoms. The predicted molar refractivity (Wildman–Crippen MR) is 105 cm³/mol. The SMILES string of the molecule is CC1C(=O)Nc2cnc(Cl)nc2N1Cc1ccc(-c2nc(C(F)(F)F)cn2C)cc1. The summed E-state index contributed by atoms with van der Waals surface area (Å²) in [5.74, 6) is 0.521. The van der Waals surface area contributed by atoms with Gasteiger partial charge in [-0.3, -0.25) is 4.79 Å². The molecule has 0 saturated carbocycles. The molecule has 1 N–H and O–H groups in total. The zero-order chi connectivity index (χ0) is 21.6. The minimum atomic E-state index is -4.50. The molecule has 156 valence electrons. The molecule has 1 atom stereocenters. The van der Waals surface area contributed by atoms with Gasteiger partial charge in [0.25, 0.3) is 0 Å². The molecule has 3 aromatic rings. The fraction of sp³-hybridized carbons (Fsp3) is 0.263. The lowest BCUT2D eigenvalue weighted by Crippen LogP contribution is -2.46. The van der Waals surface area contributed by atoms with Crippen LogP contribution in [0.3, 0.4) is 0 Å². The van der Waals surface area contributed by atoms with E-state index in [0.717, 1.165) is 11.8 Å². The first kappa shape index (κ1) is 20.1. The quantitative estimate of drug-likeness (QED) is 0.630. The van der Waals surface area contributed by atoms with E-state index in [1.165, 1.54) is 17.8 Å². The Morgan fingerprint density at radius 2 is 1.90 bits per heavy atom. The van der Waals surface area contributed by atoms with Crippen LogP contribution in [0.15, 0.2) is 36.7 Å². The standard InChI is InChI=1S/C19H16ClF3N6O/c1-10-17(30)25-13-7-24-18(20)27-16(13)29(10)8-11-3-5-12(6-4-11)15-26-14(9-28(15)2)19(21,22)23/h3-7,9-10H,8H2,1-2H3,(H,25,30). The first-order valence-electron chi connectivity index (χ1n) is 8.93. The van der Waals surface area contributed by atoms with Gasteiger partial charge in [-0.15, -0.1) is 0 Å². The molecule has 0 spiro atoms. The summed E-state index contributed by atoms with van der Waals surface area (Å²) in [7, 11) is 1.51. The minimum Gasteiger partial charge on any atom is -0.339 e. The zero-order valence-electron chi connectivity index (χ0n) is 15.9. The number of nitrogens with one attached hydrogen (secondary N) is 1. The number of carbonyl (C=O) groups is 1. The summed E-state index contributed by atoms with van der Waals surface area (Å²) in [6, 6.07) is 6.45. The number of alkyl halides is 3. The summed E-state index contributed by atoms with van der Waals surface area (Å²) in [6.45, 7) is 2.10. The summed E-state index contributed by atoms with van der Waals surface area (Å²) in [6.07, 6.45) is -2.10. The van der Waals surface area contributed by atoms with Crippen LogP contribution in [0.2, 0.25) is 5.28 Å². The Bertz CT molecular complexity index is 1110. The van der Waals surface area contributed by atoms with E-state index in [-0.39, 0.29) is 17.0 Å². The molecule has 1 aromatic carbocycles. The van der Waals surface area contributed by atoms with Crippen LogP contribution >= 0.6 is 11.6 Å². The van der Waals surface area contributed by atoms with E-state index in [0.29, 0.717) is 23.6 Å². The van der Waals surface area contributed by atoms with Crippen molar-refractivity contribution in [2.75, 3.05) is 10.2 Å². The Morgan fingerprint density at radius 1 is 1.20 bits per heavy atom. The lowest BCUT2D eigenvalue weighted by molar-refractivity contribution is -0.140. The van der Waals surface area contributed by atoms with E-state index >= 15 is 0 Å². The van der Waals surface area contributed by atoms with Crippen LogP contribution in [0.25, 0.3) is 11.4 Å². The third kappa shape index (κ3) is 3.70. The topological polar surface area (TPSA) is 75.9 Å². The summed E-state index contributed by atoms with van der Waals surface area (Å²) in [5.41, 5.74) is 0.912. The lowest BCUT2D eigenvalue weighted by Gasteiger charge is -2.34. The van der Waals surface area contributed by atoms with Crippen LogP contribution in [0.1, 0.15) is 18.2 Å². The number of hydrogen-bond donors (Lipinski definition) is 1. The molecule has 11 heteroatoms. The van der Waals surface area contributed by atoms with Gasteiger partial charge >= 0.3 is 6.18 Å². The van der Waals surface area contributed by atoms with Crippen molar-refractivity contribution in [2.24, 2.45) is 7.05 Å². The van der Waals surface area contributed by atoms with Crippen molar-refractivity contribution < 1.29 is 18.0 Å². The van der Waals surface area contributed by atoms with Crippen molar-refractivity contribution in [3.63, 3.8) is 0 Å². The number of amides is 1. The van der Waals surface area contributed by atoms with E-state index in [9.17, 15) is 18.0 Å². The van der Waals surface area contributed by atoms with Crippen molar-refractivity contribution in [2.45, 2.75) is 25.7 Å². The van der Waals surface area contributed by atoms with Gasteiger partial charge in [0.2, 0.25) is 11.2 Å². The highest BCUT2D eigenvalue weighted by Gasteiger charge is 2.35. The number of anilines is 2. The molecule has 1 unspecified atom stereocenters. The highest BCUT2D eigenvalue weighted by Crippen LogP contribution is 2.33. The summed E-state index contributed by atoms with van der Waals surface area (Å²) >= 11 is 5.92. The molecule has 1 aliphatic rings. The van der Waals surface area contributed by atoms with E-state index in [1.807, 2.05) is 0 Å². The maximum Gasteiger partial charge on any atom is 0.434 e. The number of halogens is 4. The molecule has 1 aliphatic heterocycles. The van der Waals surface area contributed by atoms with Gasteiger partial charge in [0.05, 0.1) is 6.20 Å². The lowest BCUT2D eigenvalue weighted by atomic mass is 10.1. The molecule has 1 amide bonds. The first-order chi connectivity index (χ1) is 14.1. The van der Waals surface area contributed by atoms with Crippen LogP contribution in [-0.4, -0.2) is 31.5 Å². The Labute approximate surface area is 174 Å². The molecular weight excluding hydrogens is 421 g/mol. The van der Waals surface area contributed by atoms with Crippen LogP contribution in [-0.2, 0) is 24.6 Å². The van der Waals surface area contributed by atoms with Crippen LogP contribution in [0, 0.1) is 0 Å². The largest absolute Gasteiger partial charge is 0.434 e. The van der Waals surface area contributed by atoms with Gasteiger partial charge in [-0.1, -0.05) is 24.3 Å². The first-order valence-corrected chi connectivity index (χ1v) is 9.31. The van der Waals surface area contributed by atoms with E-state index in [4.69, 9.17) is 11.6 Å². The second-order valence-electron chi connectivity index (χ2n) is 6.92. The zero-order valence-corrected chi connectivity index (χ0v) is 16.7. The van der Waals surface area contributed by atoms with Crippen LogP contribution in [0.5, 0.6) is 0 Å². The molecule has 7 nitrogen and oxygen atoms in total. The smallest absolute Gasteiger partial charge is 0.339 e. The summed E-state index contributed by atoms with van der Waals surface area (Å²) < 4.78 is 40.1. The number of rotatable bonds is 3. The highest BCUT2D eigenvalue weighted by atomic mass is 35.5. The minimum absolute atomic E-state index is 0.0627. The van der Waals surface area contributed by atoms with Crippen molar-refractivity contribution in [3.05, 3.63) is 53.2 Å². The average Bonchev–Trinajstić information content (AvgIpc) is 3.09. The number of fused-ring (bicyclic) bond motifs is 1. The Balaban J connectivity index is 1.61. The van der Waals surface area contributed by atoms with Crippen molar-refractivity contribution in [1.29, 1.82) is 0 Å². The molecule has 4 rings (SSSR count). The van der Waals surface area contributed by atoms with Crippen molar-refractivity contribution in [3.8, 4) is 11.4 Å². The van der Waals surface area contributed by atoms with Crippen LogP contribution < -0.4 is 10.2 Å². The van der Waals surface area contributed by atoms with Gasteiger partial charge in [0.1, 0.15) is 17.6 Å². The maximum absolute atomic E-state index is 12.9. The number of imidazole rings is 1. The second kappa shape index (κ2) is 7.28. The third-order valence-electron chi connectivity index (χ3n) is 4.85. The predicted octanol–water partition coefficient (Wildman–Crippen LogP) is 3.90. The molecule has 3 heterocycles. The number of hydrogen-bond acceptors (Lipinski definition) is 5. The van der Waals surface area contributed by atoms with Gasteiger partial charge in [-0.25, -0.2) is 9.97 Å². The van der Waals surface area contributed by atoms with Gasteiger partial charge < -0.3 is 14.8 Å². The fourth-order valence-corrected chi connectivity index (χ4v) is 3.39. The van der Waals surface area contributed by atoms with Gasteiger partial charge in [-0.05, 0) is 24.1 Å². The van der Waals surface area contributed by atoms with E-state index in [1.54, 1.807) is 36.1 Å². The number of carbonyl (C=O) groups excluding carboxylic acids is 1. The number of aryl methyl sites for hydroxylation is 1. The number of benzene rings is 1. The monoisotopic (exact) mass is 436 g/mol. The van der Waals surface area contributed by atoms with Crippen molar-refractivity contribution >= 4 is 29.0 Å². The number of aromatic nitrogens is 4. The Morgan fingerprint density at radius 3 is 2.53 bits per heavy atom. The molecular formula is C19H16ClF3N6O. The molecule has 30 heavy (non-hydrogen) atoms. The Hall–Kier alpha value is -3.14. The second-order valence-corrected chi connectivity index (χ2v) is 7.26. The molecule has 0 saturated heterocycles. The van der Waals surface area contributed by atoms with E-state index < -0.39 is 17.9 Å². The van der Waals surface area contributed by atoms with Crippen LogP contribution in [0.4, 0.5) is 24.7 Å². The normalized spacial score (nSPS) is 16.4. The van der Waals surface area contributed by atoms with Gasteiger partial charge in [0, 0.05) is 25.4 Å². The molecule has 0 aliphatic carbocycles. The van der Waals surface area contributed by atoms with Gasteiger partial charge in [0.15, 0.2) is 11.5 Å². The van der Waals surface area contributed by atoms with Crippen molar-refractivity contribution in [1.82, 2.24) is 19.5 Å². The number of nitrogens with zero attached hydrogens (tertiary/aromatic N) is 5.